The molecule has 0 aliphatic rings. The highest BCUT2D eigenvalue weighted by atomic mass is 127. The van der Waals surface area contributed by atoms with Crippen LogP contribution in [0.15, 0.2) is 76.1 Å². The fourth-order valence-corrected chi connectivity index (χ4v) is 2.21. The van der Waals surface area contributed by atoms with Gasteiger partial charge in [-0.15, -0.1) is 24.0 Å². The summed E-state index contributed by atoms with van der Waals surface area (Å²) in [7, 11) is 0. The number of amides is 1. The van der Waals surface area contributed by atoms with Gasteiger partial charge in [-0.25, -0.2) is 4.99 Å². The number of para-hydroxylation sites is 1. The Kier molecular flexibility index (Phi) is 7.24. The van der Waals surface area contributed by atoms with E-state index in [4.69, 9.17) is 20.6 Å². The first kappa shape index (κ1) is 20.3. The summed E-state index contributed by atoms with van der Waals surface area (Å²) in [6.07, 6.45) is 0. The van der Waals surface area contributed by atoms with Crippen LogP contribution in [0.25, 0.3) is 0 Å². The number of carbonyl (C=O) groups excluding carboxylic acids is 1. The lowest BCUT2D eigenvalue weighted by molar-refractivity contribution is 0.0972. The van der Waals surface area contributed by atoms with Crippen LogP contribution in [-0.4, -0.2) is 11.9 Å². The van der Waals surface area contributed by atoms with E-state index in [9.17, 15) is 4.79 Å². The maximum Gasteiger partial charge on any atom is 0.284 e. The number of hydrogen-bond donors (Lipinski definition) is 3. The van der Waals surface area contributed by atoms with Crippen molar-refractivity contribution in [3.63, 3.8) is 0 Å². The van der Waals surface area contributed by atoms with Gasteiger partial charge >= 0.3 is 0 Å². The Morgan fingerprint density at radius 2 is 1.74 bits per heavy atom. The molecule has 5 N–H and O–H groups in total. The normalized spacial score (nSPS) is 10.7. The number of halogens is 1. The van der Waals surface area contributed by atoms with Gasteiger partial charge in [0.05, 0.1) is 0 Å². The van der Waals surface area contributed by atoms with Gasteiger partial charge in [-0.2, -0.15) is 0 Å². The molecule has 0 saturated heterocycles. The van der Waals surface area contributed by atoms with Crippen LogP contribution in [0.3, 0.4) is 0 Å². The minimum atomic E-state index is -0.624. The monoisotopic (exact) mass is 478 g/mol. The molecule has 27 heavy (non-hydrogen) atoms. The Bertz CT molecular complexity index is 925. The number of rotatable bonds is 6. The van der Waals surface area contributed by atoms with E-state index in [1.807, 2.05) is 54.6 Å². The van der Waals surface area contributed by atoms with Gasteiger partial charge in [0, 0.05) is 11.8 Å². The molecule has 0 fully saturated rings. The van der Waals surface area contributed by atoms with Crippen LogP contribution >= 0.6 is 24.0 Å². The molecule has 0 aliphatic carbocycles. The molecule has 0 saturated carbocycles. The van der Waals surface area contributed by atoms with Crippen molar-refractivity contribution in [1.82, 2.24) is 0 Å². The second-order valence-electron chi connectivity index (χ2n) is 5.40. The highest BCUT2D eigenvalue weighted by molar-refractivity contribution is 14.0. The summed E-state index contributed by atoms with van der Waals surface area (Å²) in [5, 5.41) is 2.98. The van der Waals surface area contributed by atoms with Crippen molar-refractivity contribution in [2.24, 2.45) is 16.5 Å². The van der Waals surface area contributed by atoms with Gasteiger partial charge in [0.15, 0.2) is 11.7 Å². The van der Waals surface area contributed by atoms with Gasteiger partial charge in [-0.3, -0.25) is 4.79 Å². The Balaban J connectivity index is 0.00000261. The standard InChI is InChI=1S/C19H18N4O3.HI/c20-18(24)17-10-9-16(26-17)12-22-19(21)23-13-5-4-8-15(11-13)25-14-6-2-1-3-7-14;/h1-11H,12H2,(H2,20,24)(H3,21,22,23);1H. The van der Waals surface area contributed by atoms with Crippen molar-refractivity contribution in [2.75, 3.05) is 5.32 Å². The number of hydrogen-bond acceptors (Lipinski definition) is 4. The number of ether oxygens (including phenoxy) is 1. The number of benzene rings is 2. The predicted molar refractivity (Wildman–Crippen MR) is 115 cm³/mol. The fourth-order valence-electron chi connectivity index (χ4n) is 2.21. The Morgan fingerprint density at radius 3 is 2.44 bits per heavy atom. The van der Waals surface area contributed by atoms with Crippen molar-refractivity contribution >= 4 is 41.5 Å². The highest BCUT2D eigenvalue weighted by Gasteiger charge is 2.06. The summed E-state index contributed by atoms with van der Waals surface area (Å²) < 4.78 is 11.0. The summed E-state index contributed by atoms with van der Waals surface area (Å²) in [4.78, 5) is 15.2. The van der Waals surface area contributed by atoms with E-state index in [-0.39, 0.29) is 42.2 Å². The molecule has 0 bridgehead atoms. The largest absolute Gasteiger partial charge is 0.457 e. The minimum absolute atomic E-state index is 0. The lowest BCUT2D eigenvalue weighted by Crippen LogP contribution is -2.22. The van der Waals surface area contributed by atoms with E-state index in [2.05, 4.69) is 10.3 Å². The van der Waals surface area contributed by atoms with Crippen LogP contribution in [0, 0.1) is 0 Å². The molecule has 0 atom stereocenters. The highest BCUT2D eigenvalue weighted by Crippen LogP contribution is 2.23. The third-order valence-corrected chi connectivity index (χ3v) is 3.40. The number of guanidine groups is 1. The quantitative estimate of drug-likeness (QED) is 0.284. The van der Waals surface area contributed by atoms with Gasteiger partial charge in [-0.05, 0) is 36.4 Å². The third-order valence-electron chi connectivity index (χ3n) is 3.40. The van der Waals surface area contributed by atoms with Crippen LogP contribution in [0.2, 0.25) is 0 Å². The predicted octanol–water partition coefficient (Wildman–Crippen LogP) is 3.72. The molecule has 0 spiro atoms. The van der Waals surface area contributed by atoms with Crippen molar-refractivity contribution in [1.29, 1.82) is 0 Å². The van der Waals surface area contributed by atoms with Gasteiger partial charge in [-0.1, -0.05) is 24.3 Å². The number of aliphatic imine (C=N–C) groups is 1. The summed E-state index contributed by atoms with van der Waals surface area (Å²) in [6, 6.07) is 20.0. The molecular weight excluding hydrogens is 459 g/mol. The molecule has 8 heteroatoms. The maximum absolute atomic E-state index is 11.0. The average molecular weight is 478 g/mol. The zero-order chi connectivity index (χ0) is 18.4. The molecule has 3 rings (SSSR count). The summed E-state index contributed by atoms with van der Waals surface area (Å²) in [5.41, 5.74) is 11.8. The SMILES string of the molecule is I.NC(=O)c1ccc(CN=C(N)Nc2cccc(Oc3ccccc3)c2)o1. The van der Waals surface area contributed by atoms with Gasteiger partial charge in [0.1, 0.15) is 23.8 Å². The molecular formula is C19H19IN4O3. The smallest absolute Gasteiger partial charge is 0.284 e. The number of anilines is 1. The maximum atomic E-state index is 11.0. The van der Waals surface area contributed by atoms with E-state index in [0.717, 1.165) is 11.4 Å². The molecule has 1 heterocycles. The molecule has 0 aliphatic heterocycles. The first-order valence-electron chi connectivity index (χ1n) is 7.88. The molecule has 3 aromatic rings. The van der Waals surface area contributed by atoms with E-state index in [1.165, 1.54) is 6.07 Å². The van der Waals surface area contributed by atoms with Crippen LogP contribution in [0.5, 0.6) is 11.5 Å². The zero-order valence-corrected chi connectivity index (χ0v) is 16.6. The van der Waals surface area contributed by atoms with Crippen LogP contribution in [-0.2, 0) is 6.54 Å². The lowest BCUT2D eigenvalue weighted by atomic mass is 10.3. The Hall–Kier alpha value is -3.01. The van der Waals surface area contributed by atoms with Crippen LogP contribution in [0.4, 0.5) is 5.69 Å². The number of furan rings is 1. The third kappa shape index (κ3) is 6.03. The molecule has 2 aromatic carbocycles. The lowest BCUT2D eigenvalue weighted by Gasteiger charge is -2.09. The number of nitrogens with zero attached hydrogens (tertiary/aromatic N) is 1. The van der Waals surface area contributed by atoms with Crippen LogP contribution in [0.1, 0.15) is 16.3 Å². The van der Waals surface area contributed by atoms with Crippen molar-refractivity contribution in [3.05, 3.63) is 78.3 Å². The summed E-state index contributed by atoms with van der Waals surface area (Å²) >= 11 is 0. The number of nitrogens with one attached hydrogen (secondary N) is 1. The van der Waals surface area contributed by atoms with Crippen LogP contribution < -0.4 is 21.5 Å². The van der Waals surface area contributed by atoms with Crippen molar-refractivity contribution in [3.8, 4) is 11.5 Å². The molecule has 1 amide bonds. The van der Waals surface area contributed by atoms with Gasteiger partial charge < -0.3 is 25.9 Å². The first-order chi connectivity index (χ1) is 12.6. The first-order valence-corrected chi connectivity index (χ1v) is 7.88. The van der Waals surface area contributed by atoms with Gasteiger partial charge in [0.2, 0.25) is 0 Å². The van der Waals surface area contributed by atoms with E-state index in [0.29, 0.717) is 11.5 Å². The second kappa shape index (κ2) is 9.62. The van der Waals surface area contributed by atoms with Crippen molar-refractivity contribution in [2.45, 2.75) is 6.54 Å². The minimum Gasteiger partial charge on any atom is -0.457 e. The number of carbonyl (C=O) groups is 1. The molecule has 140 valence electrons. The van der Waals surface area contributed by atoms with Gasteiger partial charge in [0.25, 0.3) is 5.91 Å². The van der Waals surface area contributed by atoms with Crippen molar-refractivity contribution < 1.29 is 13.9 Å². The molecule has 0 unspecified atom stereocenters. The summed E-state index contributed by atoms with van der Waals surface area (Å²) in [5.74, 6) is 1.58. The topological polar surface area (TPSA) is 116 Å². The summed E-state index contributed by atoms with van der Waals surface area (Å²) in [6.45, 7) is 0.187. The average Bonchev–Trinajstić information content (AvgIpc) is 3.11. The number of nitrogens with two attached hydrogens (primary N) is 2. The Labute approximate surface area is 173 Å². The molecule has 7 nitrogen and oxygen atoms in total. The fraction of sp³-hybridized carbons (Fsp3) is 0.0526. The Morgan fingerprint density at radius 1 is 1.00 bits per heavy atom. The van der Waals surface area contributed by atoms with E-state index < -0.39 is 5.91 Å². The zero-order valence-electron chi connectivity index (χ0n) is 14.3. The second-order valence-corrected chi connectivity index (χ2v) is 5.40. The molecule has 1 aromatic heterocycles. The number of primary amides is 1. The van der Waals surface area contributed by atoms with E-state index >= 15 is 0 Å². The van der Waals surface area contributed by atoms with E-state index in [1.54, 1.807) is 6.07 Å². The molecule has 0 radical (unpaired) electrons.